The van der Waals surface area contributed by atoms with Crippen LogP contribution in [0.2, 0.25) is 5.02 Å². The van der Waals surface area contributed by atoms with Crippen LogP contribution in [0.1, 0.15) is 48.3 Å². The van der Waals surface area contributed by atoms with Gasteiger partial charge in [0.2, 0.25) is 5.88 Å². The molecule has 1 saturated carbocycles. The Morgan fingerprint density at radius 1 is 1.02 bits per heavy atom. The number of carbonyl (C=O) groups is 1. The third-order valence-electron chi connectivity index (χ3n) is 11.2. The maximum Gasteiger partial charge on any atom is 0.332 e. The molecule has 15 heteroatoms. The molecule has 2 aliphatic carbocycles. The molecule has 3 aromatic heterocycles. The second kappa shape index (κ2) is 13.6. The van der Waals surface area contributed by atoms with E-state index in [0.717, 1.165) is 51.8 Å². The topological polar surface area (TPSA) is 133 Å². The van der Waals surface area contributed by atoms with Crippen LogP contribution in [0.15, 0.2) is 52.1 Å². The number of nitrogens with one attached hydrogen (secondary N) is 1. The summed E-state index contributed by atoms with van der Waals surface area (Å²) in [7, 11) is 4.29. The lowest BCUT2D eigenvalue weighted by atomic mass is 9.96. The van der Waals surface area contributed by atoms with Gasteiger partial charge in [0.15, 0.2) is 11.5 Å². The van der Waals surface area contributed by atoms with Gasteiger partial charge in [-0.2, -0.15) is 0 Å². The Bertz CT molecular complexity index is 2480. The number of methoxy groups -OCH3 is 1. The van der Waals surface area contributed by atoms with Gasteiger partial charge < -0.3 is 14.8 Å². The summed E-state index contributed by atoms with van der Waals surface area (Å²) in [6.45, 7) is 5.78. The fraction of sp³-hybridized carbons (Fsp3) is 0.385. The molecule has 2 aromatic carbocycles. The number of alkyl halides is 2. The third kappa shape index (κ3) is 5.74. The lowest BCUT2D eigenvalue weighted by Crippen LogP contribution is -2.38. The number of hydrogen-bond donors (Lipinski definition) is 1. The number of piperidine rings is 1. The minimum atomic E-state index is -3.04. The molecule has 0 spiro atoms. The van der Waals surface area contributed by atoms with Crippen LogP contribution in [-0.4, -0.2) is 61.8 Å². The van der Waals surface area contributed by atoms with Crippen molar-refractivity contribution in [2.24, 2.45) is 31.8 Å². The van der Waals surface area contributed by atoms with Gasteiger partial charge in [-0.1, -0.05) is 41.9 Å². The molecule has 280 valence electrons. The van der Waals surface area contributed by atoms with E-state index in [1.165, 1.54) is 14.1 Å². The number of nitrogens with zero attached hydrogens (tertiary/aromatic N) is 6. The molecule has 1 unspecified atom stereocenters. The number of halogens is 3. The summed E-state index contributed by atoms with van der Waals surface area (Å²) < 4.78 is 41.0. The number of likely N-dealkylation sites (tertiary alicyclic amines) is 1. The third-order valence-corrected chi connectivity index (χ3v) is 11.6. The largest absolute Gasteiger partial charge is 0.481 e. The van der Waals surface area contributed by atoms with Crippen LogP contribution in [0, 0.1) is 24.7 Å². The number of esters is 1. The molecule has 5 aromatic rings. The lowest BCUT2D eigenvalue weighted by molar-refractivity contribution is -0.145. The Morgan fingerprint density at radius 3 is 2.43 bits per heavy atom. The summed E-state index contributed by atoms with van der Waals surface area (Å²) in [5.41, 5.74) is 4.65. The smallest absolute Gasteiger partial charge is 0.332 e. The number of aryl methyl sites for hydroxylation is 2. The highest BCUT2D eigenvalue weighted by atomic mass is 35.5. The molecule has 4 atom stereocenters. The summed E-state index contributed by atoms with van der Waals surface area (Å²) >= 11 is 7.20. The van der Waals surface area contributed by atoms with Crippen molar-refractivity contribution >= 4 is 40.1 Å². The van der Waals surface area contributed by atoms with Crippen molar-refractivity contribution in [3.63, 3.8) is 0 Å². The Kier molecular flexibility index (Phi) is 9.00. The number of hydrogen-bond acceptors (Lipinski definition) is 10. The summed E-state index contributed by atoms with van der Waals surface area (Å²) in [6.07, 6.45) is -1.27. The van der Waals surface area contributed by atoms with Crippen LogP contribution in [0.4, 0.5) is 20.3 Å². The monoisotopic (exact) mass is 757 g/mol. The number of carbonyl (C=O) groups excluding carboxylic acids is 1. The van der Waals surface area contributed by atoms with Crippen LogP contribution in [0.3, 0.4) is 0 Å². The maximum absolute atomic E-state index is 13.9. The number of fused-ring (bicyclic) bond motifs is 3. The van der Waals surface area contributed by atoms with Crippen LogP contribution in [0.5, 0.6) is 5.88 Å². The fourth-order valence-corrected chi connectivity index (χ4v) is 8.76. The average molecular weight is 758 g/mol. The Labute approximate surface area is 313 Å². The summed E-state index contributed by atoms with van der Waals surface area (Å²) in [4.78, 5) is 53.5. The number of pyridine rings is 1. The van der Waals surface area contributed by atoms with E-state index in [9.17, 15) is 23.2 Å². The number of anilines is 2. The quantitative estimate of drug-likeness (QED) is 0.175. The highest BCUT2D eigenvalue weighted by molar-refractivity contribution is 6.36. The first-order chi connectivity index (χ1) is 25.9. The van der Waals surface area contributed by atoms with Crippen molar-refractivity contribution in [1.82, 2.24) is 29.0 Å². The van der Waals surface area contributed by atoms with E-state index in [-0.39, 0.29) is 34.8 Å². The SMILES string of the molecule is CCOC(=O)C1[C@H]2CN([C@@H]3CCc4cc(-c5cccc(-c6cccc(Nc7nc(C(F)F)nc8c7c(=O)n(C)c(=O)n8C)c6C)c5Cl)nc(OC)c43)C[C@@H]12. The van der Waals surface area contributed by atoms with Crippen LogP contribution < -0.4 is 21.3 Å². The Hall–Kier alpha value is -5.21. The van der Waals surface area contributed by atoms with Gasteiger partial charge in [0.05, 0.1) is 30.4 Å². The first-order valence-corrected chi connectivity index (χ1v) is 18.2. The van der Waals surface area contributed by atoms with Gasteiger partial charge in [-0.25, -0.2) is 28.5 Å². The number of rotatable bonds is 9. The molecular weight excluding hydrogens is 720 g/mol. The molecule has 1 N–H and O–H groups in total. The minimum absolute atomic E-state index is 0.00938. The standard InChI is InChI=1S/C39H38ClF2N7O5/c1-6-54-38(51)29-23-16-49(17-24(23)29)27-14-13-19-15-26(44-36(53-5)28(19)27)22-11-7-10-21(31(22)40)20-9-8-12-25(18(20)2)43-33-30-35(46-34(45-33)32(41)42)47(3)39(52)48(4)37(30)50/h7-12,15,23-24,27,29,32H,6,13-14,16-17H2,1-5H3,(H,43,45,46)/t23-,24+,27-,29?/m1/s1. The van der Waals surface area contributed by atoms with Gasteiger partial charge in [0.1, 0.15) is 11.2 Å². The first kappa shape index (κ1) is 35.8. The van der Waals surface area contributed by atoms with E-state index in [2.05, 4.69) is 26.3 Å². The Balaban J connectivity index is 1.12. The van der Waals surface area contributed by atoms with Crippen molar-refractivity contribution in [3.05, 3.63) is 90.8 Å². The molecule has 0 bridgehead atoms. The molecule has 1 saturated heterocycles. The van der Waals surface area contributed by atoms with Gasteiger partial charge in [0, 0.05) is 55.6 Å². The predicted octanol–water partition coefficient (Wildman–Crippen LogP) is 6.14. The first-order valence-electron chi connectivity index (χ1n) is 17.8. The number of benzene rings is 2. The van der Waals surface area contributed by atoms with Crippen molar-refractivity contribution < 1.29 is 23.0 Å². The highest BCUT2D eigenvalue weighted by Crippen LogP contribution is 2.56. The van der Waals surface area contributed by atoms with E-state index < -0.39 is 23.5 Å². The van der Waals surface area contributed by atoms with E-state index in [4.69, 9.17) is 26.1 Å². The molecule has 0 amide bonds. The summed E-state index contributed by atoms with van der Waals surface area (Å²) in [6, 6.07) is 13.4. The van der Waals surface area contributed by atoms with E-state index in [1.807, 2.05) is 38.1 Å². The second-order valence-electron chi connectivity index (χ2n) is 14.1. The molecule has 1 aliphatic heterocycles. The molecule has 8 rings (SSSR count). The van der Waals surface area contributed by atoms with Crippen molar-refractivity contribution in [2.75, 3.05) is 32.1 Å². The van der Waals surface area contributed by atoms with Crippen LogP contribution in [-0.2, 0) is 30.0 Å². The molecule has 4 heterocycles. The minimum Gasteiger partial charge on any atom is -0.481 e. The number of aromatic nitrogens is 5. The van der Waals surface area contributed by atoms with Gasteiger partial charge in [0.25, 0.3) is 12.0 Å². The molecule has 3 aliphatic rings. The molecule has 0 radical (unpaired) electrons. The fourth-order valence-electron chi connectivity index (χ4n) is 8.43. The van der Waals surface area contributed by atoms with Crippen molar-refractivity contribution in [2.45, 2.75) is 39.2 Å². The molecule has 54 heavy (non-hydrogen) atoms. The normalized spacial score (nSPS) is 20.3. The van der Waals surface area contributed by atoms with Crippen LogP contribution >= 0.6 is 11.6 Å². The zero-order chi connectivity index (χ0) is 38.2. The zero-order valence-corrected chi connectivity index (χ0v) is 31.1. The predicted molar refractivity (Wildman–Crippen MR) is 199 cm³/mol. The summed E-state index contributed by atoms with van der Waals surface area (Å²) in [5.74, 6) is 0.191. The van der Waals surface area contributed by atoms with E-state index >= 15 is 0 Å². The van der Waals surface area contributed by atoms with E-state index in [0.29, 0.717) is 57.4 Å². The van der Waals surface area contributed by atoms with E-state index in [1.54, 1.807) is 19.2 Å². The highest BCUT2D eigenvalue weighted by Gasteiger charge is 2.61. The van der Waals surface area contributed by atoms with Crippen molar-refractivity contribution in [3.8, 4) is 28.3 Å². The second-order valence-corrected chi connectivity index (χ2v) is 14.5. The summed E-state index contributed by atoms with van der Waals surface area (Å²) in [5, 5.41) is 3.44. The average Bonchev–Trinajstić information content (AvgIpc) is 3.42. The van der Waals surface area contributed by atoms with Gasteiger partial charge >= 0.3 is 11.7 Å². The van der Waals surface area contributed by atoms with Gasteiger partial charge in [-0.05, 0) is 67.3 Å². The van der Waals surface area contributed by atoms with Gasteiger partial charge in [-0.3, -0.25) is 23.6 Å². The zero-order valence-electron chi connectivity index (χ0n) is 30.3. The lowest BCUT2D eigenvalue weighted by Gasteiger charge is -2.28. The molecular formula is C39H38ClF2N7O5. The Morgan fingerprint density at radius 2 is 1.72 bits per heavy atom. The number of ether oxygens (including phenoxy) is 2. The van der Waals surface area contributed by atoms with Crippen molar-refractivity contribution in [1.29, 1.82) is 0 Å². The van der Waals surface area contributed by atoms with Crippen LogP contribution in [0.25, 0.3) is 33.4 Å². The molecule has 2 fully saturated rings. The molecule has 12 nitrogen and oxygen atoms in total. The van der Waals surface area contributed by atoms with Gasteiger partial charge in [-0.15, -0.1) is 0 Å². The maximum atomic E-state index is 13.9.